The molecule has 3 N–H and O–H groups in total. The molecule has 3 aromatic carbocycles. The Morgan fingerprint density at radius 2 is 1.89 bits per heavy atom. The number of carbonyl (C=O) groups excluding carboxylic acids is 1. The van der Waals surface area contributed by atoms with Crippen LogP contribution in [-0.4, -0.2) is 31.8 Å². The van der Waals surface area contributed by atoms with Crippen LogP contribution in [0.15, 0.2) is 60.7 Å². The first-order valence-electron chi connectivity index (χ1n) is 10.1. The normalized spacial score (nSPS) is 11.3. The maximum Gasteiger partial charge on any atom is 0.265 e. The predicted octanol–water partition coefficient (Wildman–Crippen LogP) is 3.95. The molecule has 11 heteroatoms. The third-order valence-electron chi connectivity index (χ3n) is 5.06. The van der Waals surface area contributed by atoms with Crippen molar-refractivity contribution in [3.05, 3.63) is 78.0 Å². The second-order valence-corrected chi connectivity index (χ2v) is 9.41. The zero-order valence-electron chi connectivity index (χ0n) is 18.2. The lowest BCUT2D eigenvalue weighted by Gasteiger charge is -2.15. The summed E-state index contributed by atoms with van der Waals surface area (Å²) in [5.74, 6) is -2.15. The van der Waals surface area contributed by atoms with Gasteiger partial charge in [0.05, 0.1) is 23.1 Å². The number of amides is 1. The lowest BCUT2D eigenvalue weighted by Crippen LogP contribution is -2.16. The SMILES string of the molecule is CS(=O)(=O)Nc1ccc2cc(C(N)=O)n(-c3cc(OCC#N)cc(-c4ccc(F)cc4F)c3)c2c1. The smallest absolute Gasteiger partial charge is 0.265 e. The number of fused-ring (bicyclic) bond motifs is 1. The molecule has 1 heterocycles. The van der Waals surface area contributed by atoms with Gasteiger partial charge in [-0.25, -0.2) is 17.2 Å². The lowest BCUT2D eigenvalue weighted by atomic mass is 10.0. The molecule has 0 spiro atoms. The van der Waals surface area contributed by atoms with E-state index >= 15 is 0 Å². The molecule has 8 nitrogen and oxygen atoms in total. The standard InChI is InChI=1S/C24H18F2N4O4S/c1-35(32,33)29-17-4-2-14-10-23(24(28)31)30(22(14)12-17)18-8-15(9-19(13-18)34-7-6-27)20-5-3-16(25)11-21(20)26/h2-5,8-13,29H,7H2,1H3,(H2,28,31). The van der Waals surface area contributed by atoms with Gasteiger partial charge in [-0.15, -0.1) is 0 Å². The van der Waals surface area contributed by atoms with Crippen LogP contribution in [0.2, 0.25) is 0 Å². The third-order valence-corrected chi connectivity index (χ3v) is 5.66. The molecule has 0 bridgehead atoms. The van der Waals surface area contributed by atoms with E-state index in [0.29, 0.717) is 16.6 Å². The number of nitrogens with zero attached hydrogens (tertiary/aromatic N) is 2. The van der Waals surface area contributed by atoms with Crippen LogP contribution < -0.4 is 15.2 Å². The predicted molar refractivity (Wildman–Crippen MR) is 127 cm³/mol. The Hall–Kier alpha value is -4.43. The Kier molecular flexibility index (Phi) is 6.15. The molecule has 0 saturated carbocycles. The van der Waals surface area contributed by atoms with Gasteiger partial charge in [0.25, 0.3) is 5.91 Å². The summed E-state index contributed by atoms with van der Waals surface area (Å²) in [6.45, 7) is -0.299. The van der Waals surface area contributed by atoms with Crippen LogP contribution >= 0.6 is 0 Å². The highest BCUT2D eigenvalue weighted by atomic mass is 32.2. The number of rotatable bonds is 7. The summed E-state index contributed by atoms with van der Waals surface area (Å²) in [5, 5.41) is 9.50. The first kappa shape index (κ1) is 23.7. The number of anilines is 1. The number of hydrogen-bond donors (Lipinski definition) is 2. The van der Waals surface area contributed by atoms with E-state index in [-0.39, 0.29) is 34.9 Å². The van der Waals surface area contributed by atoms with Crippen LogP contribution in [0.4, 0.5) is 14.5 Å². The second kappa shape index (κ2) is 9.08. The van der Waals surface area contributed by atoms with Crippen molar-refractivity contribution in [3.8, 4) is 28.6 Å². The number of nitrogens with one attached hydrogen (secondary N) is 1. The van der Waals surface area contributed by atoms with Crippen molar-refractivity contribution in [1.29, 1.82) is 5.26 Å². The summed E-state index contributed by atoms with van der Waals surface area (Å²) < 4.78 is 60.8. The van der Waals surface area contributed by atoms with Crippen LogP contribution in [0.1, 0.15) is 10.5 Å². The summed E-state index contributed by atoms with van der Waals surface area (Å²) in [7, 11) is -3.57. The van der Waals surface area contributed by atoms with Crippen molar-refractivity contribution in [2.45, 2.75) is 0 Å². The molecular weight excluding hydrogens is 478 g/mol. The van der Waals surface area contributed by atoms with Crippen LogP contribution in [0, 0.1) is 23.0 Å². The minimum atomic E-state index is -3.57. The molecule has 0 unspecified atom stereocenters. The monoisotopic (exact) mass is 496 g/mol. The molecule has 4 aromatic rings. The number of aromatic nitrogens is 1. The number of hydrogen-bond acceptors (Lipinski definition) is 5. The highest BCUT2D eigenvalue weighted by molar-refractivity contribution is 7.92. The van der Waals surface area contributed by atoms with Gasteiger partial charge < -0.3 is 15.0 Å². The second-order valence-electron chi connectivity index (χ2n) is 7.66. The van der Waals surface area contributed by atoms with E-state index in [1.54, 1.807) is 6.07 Å². The van der Waals surface area contributed by atoms with E-state index in [9.17, 15) is 22.0 Å². The average Bonchev–Trinajstić information content (AvgIpc) is 3.15. The summed E-state index contributed by atoms with van der Waals surface area (Å²) >= 11 is 0. The van der Waals surface area contributed by atoms with Gasteiger partial charge in [-0.1, -0.05) is 6.07 Å². The van der Waals surface area contributed by atoms with Gasteiger partial charge >= 0.3 is 0 Å². The molecule has 0 aliphatic heterocycles. The zero-order valence-corrected chi connectivity index (χ0v) is 19.1. The highest BCUT2D eigenvalue weighted by Crippen LogP contribution is 2.34. The number of primary amides is 1. The quantitative estimate of drug-likeness (QED) is 0.401. The largest absolute Gasteiger partial charge is 0.479 e. The van der Waals surface area contributed by atoms with Gasteiger partial charge in [-0.05, 0) is 48.0 Å². The van der Waals surface area contributed by atoms with Crippen LogP contribution in [0.25, 0.3) is 27.7 Å². The number of ether oxygens (including phenoxy) is 1. The maximum atomic E-state index is 14.6. The molecule has 178 valence electrons. The van der Waals surface area contributed by atoms with E-state index in [4.69, 9.17) is 15.7 Å². The molecule has 0 aliphatic carbocycles. The van der Waals surface area contributed by atoms with Crippen LogP contribution in [0.5, 0.6) is 5.75 Å². The Morgan fingerprint density at radius 3 is 2.54 bits per heavy atom. The first-order chi connectivity index (χ1) is 16.6. The summed E-state index contributed by atoms with van der Waals surface area (Å²) in [6.07, 6.45) is 1.00. The minimum absolute atomic E-state index is 0.0616. The first-order valence-corrected chi connectivity index (χ1v) is 12.0. The summed E-state index contributed by atoms with van der Waals surface area (Å²) in [5.41, 5.74) is 7.03. The van der Waals surface area contributed by atoms with E-state index in [1.165, 1.54) is 47.0 Å². The van der Waals surface area contributed by atoms with Gasteiger partial charge in [0, 0.05) is 23.1 Å². The van der Waals surface area contributed by atoms with Crippen LogP contribution in [0.3, 0.4) is 0 Å². The van der Waals surface area contributed by atoms with Gasteiger partial charge in [0.15, 0.2) is 6.61 Å². The molecule has 35 heavy (non-hydrogen) atoms. The van der Waals surface area contributed by atoms with E-state index < -0.39 is 27.6 Å². The van der Waals surface area contributed by atoms with E-state index in [0.717, 1.165) is 18.4 Å². The fourth-order valence-corrected chi connectivity index (χ4v) is 4.28. The molecule has 0 aliphatic rings. The molecule has 0 saturated heterocycles. The number of sulfonamides is 1. The Labute approximate surface area is 199 Å². The highest BCUT2D eigenvalue weighted by Gasteiger charge is 2.18. The summed E-state index contributed by atoms with van der Waals surface area (Å²) in [6, 6.07) is 15.7. The molecule has 1 aromatic heterocycles. The van der Waals surface area contributed by atoms with Gasteiger partial charge in [0.1, 0.15) is 29.1 Å². The average molecular weight is 496 g/mol. The van der Waals surface area contributed by atoms with Crippen molar-refractivity contribution in [3.63, 3.8) is 0 Å². The van der Waals surface area contributed by atoms with Crippen molar-refractivity contribution in [2.24, 2.45) is 5.73 Å². The van der Waals surface area contributed by atoms with E-state index in [2.05, 4.69) is 4.72 Å². The lowest BCUT2D eigenvalue weighted by molar-refractivity contribution is 0.0994. The fraction of sp³-hybridized carbons (Fsp3) is 0.0833. The molecule has 1 amide bonds. The number of nitrogens with two attached hydrogens (primary N) is 1. The van der Waals surface area contributed by atoms with Gasteiger partial charge in [-0.3, -0.25) is 9.52 Å². The molecule has 4 rings (SSSR count). The molecule has 0 fully saturated rings. The fourth-order valence-electron chi connectivity index (χ4n) is 3.73. The van der Waals surface area contributed by atoms with Gasteiger partial charge in [-0.2, -0.15) is 5.26 Å². The maximum absolute atomic E-state index is 14.6. The zero-order chi connectivity index (χ0) is 25.3. The topological polar surface area (TPSA) is 127 Å². The van der Waals surface area contributed by atoms with Crippen molar-refractivity contribution >= 4 is 32.5 Å². The van der Waals surface area contributed by atoms with Crippen molar-refractivity contribution in [2.75, 3.05) is 17.6 Å². The number of benzene rings is 3. The Bertz CT molecular complexity index is 1620. The van der Waals surface area contributed by atoms with Crippen molar-refractivity contribution in [1.82, 2.24) is 4.57 Å². The Morgan fingerprint density at radius 1 is 1.11 bits per heavy atom. The van der Waals surface area contributed by atoms with Crippen molar-refractivity contribution < 1.29 is 26.7 Å². The minimum Gasteiger partial charge on any atom is -0.479 e. The number of carbonyl (C=O) groups is 1. The summed E-state index contributed by atoms with van der Waals surface area (Å²) in [4.78, 5) is 12.3. The van der Waals surface area contributed by atoms with Crippen LogP contribution in [-0.2, 0) is 10.0 Å². The number of halogens is 2. The van der Waals surface area contributed by atoms with Gasteiger partial charge in [0.2, 0.25) is 10.0 Å². The Balaban J connectivity index is 1.99. The molecule has 0 radical (unpaired) electrons. The van der Waals surface area contributed by atoms with E-state index in [1.807, 2.05) is 6.07 Å². The number of nitriles is 1. The third kappa shape index (κ3) is 5.07. The molecular formula is C24H18F2N4O4S. The molecule has 0 atom stereocenters.